The summed E-state index contributed by atoms with van der Waals surface area (Å²) >= 11 is 0. The number of hydrogen-bond donors (Lipinski definition) is 3. The molecule has 0 atom stereocenters. The molecule has 108 valence electrons. The lowest BCUT2D eigenvalue weighted by Crippen LogP contribution is -2.25. The Morgan fingerprint density at radius 3 is 2.42 bits per heavy atom. The Hall–Kier alpha value is -1.56. The molecular weight excluding hydrogens is 244 g/mol. The van der Waals surface area contributed by atoms with Crippen molar-refractivity contribution >= 4 is 11.6 Å². The topological polar surface area (TPSA) is 79.3 Å². The number of nitrogens with zero attached hydrogens (tertiary/aromatic N) is 2. The minimum Gasteiger partial charge on any atom is -0.490 e. The fraction of sp³-hybridized carbons (Fsp3) is 0.692. The van der Waals surface area contributed by atoms with Crippen LogP contribution >= 0.6 is 0 Å². The second-order valence-electron chi connectivity index (χ2n) is 5.13. The highest BCUT2D eigenvalue weighted by atomic mass is 16.5. The molecule has 0 amide bonds. The van der Waals surface area contributed by atoms with Gasteiger partial charge in [-0.15, -0.1) is 0 Å². The van der Waals surface area contributed by atoms with Crippen molar-refractivity contribution in [2.75, 3.05) is 37.4 Å². The van der Waals surface area contributed by atoms with E-state index in [4.69, 9.17) is 9.84 Å². The van der Waals surface area contributed by atoms with Crippen LogP contribution in [0.5, 0.6) is 5.75 Å². The van der Waals surface area contributed by atoms with E-state index in [0.717, 1.165) is 13.0 Å². The summed E-state index contributed by atoms with van der Waals surface area (Å²) < 4.78 is 5.35. The summed E-state index contributed by atoms with van der Waals surface area (Å²) in [5, 5.41) is 15.4. The van der Waals surface area contributed by atoms with Crippen LogP contribution in [0, 0.1) is 5.41 Å². The fourth-order valence-corrected chi connectivity index (χ4v) is 1.70. The summed E-state index contributed by atoms with van der Waals surface area (Å²) in [7, 11) is 1.60. The van der Waals surface area contributed by atoms with Crippen LogP contribution in [0.25, 0.3) is 0 Å². The summed E-state index contributed by atoms with van der Waals surface area (Å²) in [5.74, 6) is 1.96. The van der Waals surface area contributed by atoms with Crippen molar-refractivity contribution in [1.82, 2.24) is 9.97 Å². The molecule has 0 unspecified atom stereocenters. The van der Waals surface area contributed by atoms with E-state index in [0.29, 0.717) is 23.9 Å². The predicted molar refractivity (Wildman–Crippen MR) is 76.7 cm³/mol. The van der Waals surface area contributed by atoms with Crippen molar-refractivity contribution in [2.24, 2.45) is 5.41 Å². The van der Waals surface area contributed by atoms with E-state index in [-0.39, 0.29) is 12.0 Å². The summed E-state index contributed by atoms with van der Waals surface area (Å²) in [6.45, 7) is 7.83. The molecule has 1 heterocycles. The van der Waals surface area contributed by atoms with Gasteiger partial charge in [0, 0.05) is 19.7 Å². The molecule has 1 aromatic rings. The first-order valence-electron chi connectivity index (χ1n) is 6.51. The zero-order valence-corrected chi connectivity index (χ0v) is 12.2. The van der Waals surface area contributed by atoms with Gasteiger partial charge in [-0.1, -0.05) is 13.8 Å². The smallest absolute Gasteiger partial charge is 0.204 e. The van der Waals surface area contributed by atoms with Crippen LogP contribution in [0.15, 0.2) is 6.33 Å². The van der Waals surface area contributed by atoms with Gasteiger partial charge in [-0.05, 0) is 18.8 Å². The molecule has 6 heteroatoms. The SMILES string of the molecule is CCNc1ncnc(NCC(C)(C)CCO)c1OC. The monoisotopic (exact) mass is 268 g/mol. The van der Waals surface area contributed by atoms with Crippen LogP contribution in [0.1, 0.15) is 27.2 Å². The Balaban J connectivity index is 2.80. The Morgan fingerprint density at radius 2 is 1.89 bits per heavy atom. The first-order chi connectivity index (χ1) is 9.04. The fourth-order valence-electron chi connectivity index (χ4n) is 1.70. The summed E-state index contributed by atoms with van der Waals surface area (Å²) in [4.78, 5) is 8.36. The maximum atomic E-state index is 9.03. The van der Waals surface area contributed by atoms with Gasteiger partial charge < -0.3 is 20.5 Å². The minimum absolute atomic E-state index is 0.0109. The average molecular weight is 268 g/mol. The highest BCUT2D eigenvalue weighted by Crippen LogP contribution is 2.30. The maximum Gasteiger partial charge on any atom is 0.204 e. The Morgan fingerprint density at radius 1 is 1.26 bits per heavy atom. The molecule has 3 N–H and O–H groups in total. The highest BCUT2D eigenvalue weighted by molar-refractivity contribution is 5.63. The van der Waals surface area contributed by atoms with Crippen molar-refractivity contribution in [3.8, 4) is 5.75 Å². The first-order valence-corrected chi connectivity index (χ1v) is 6.51. The van der Waals surface area contributed by atoms with Crippen molar-refractivity contribution in [2.45, 2.75) is 27.2 Å². The third kappa shape index (κ3) is 4.55. The van der Waals surface area contributed by atoms with E-state index < -0.39 is 0 Å². The van der Waals surface area contributed by atoms with Crippen LogP contribution in [0.2, 0.25) is 0 Å². The third-order valence-corrected chi connectivity index (χ3v) is 2.88. The first kappa shape index (κ1) is 15.5. The van der Waals surface area contributed by atoms with Crippen molar-refractivity contribution < 1.29 is 9.84 Å². The largest absolute Gasteiger partial charge is 0.490 e. The Kier molecular flexibility index (Phi) is 5.82. The molecule has 1 rings (SSSR count). The molecule has 0 bridgehead atoms. The third-order valence-electron chi connectivity index (χ3n) is 2.88. The van der Waals surface area contributed by atoms with Gasteiger partial charge >= 0.3 is 0 Å². The number of methoxy groups -OCH3 is 1. The van der Waals surface area contributed by atoms with E-state index >= 15 is 0 Å². The quantitative estimate of drug-likeness (QED) is 0.666. The maximum absolute atomic E-state index is 9.03. The Bertz CT molecular complexity index is 396. The zero-order chi connectivity index (χ0) is 14.3. The van der Waals surface area contributed by atoms with Gasteiger partial charge in [0.05, 0.1) is 7.11 Å². The molecular formula is C13H24N4O2. The molecule has 0 aliphatic rings. The van der Waals surface area contributed by atoms with E-state index in [1.165, 1.54) is 6.33 Å². The number of anilines is 2. The van der Waals surface area contributed by atoms with E-state index in [1.54, 1.807) is 7.11 Å². The van der Waals surface area contributed by atoms with Crippen LogP contribution < -0.4 is 15.4 Å². The molecule has 0 radical (unpaired) electrons. The van der Waals surface area contributed by atoms with Crippen LogP contribution in [-0.4, -0.2) is 41.9 Å². The molecule has 6 nitrogen and oxygen atoms in total. The van der Waals surface area contributed by atoms with Crippen LogP contribution in [-0.2, 0) is 0 Å². The lowest BCUT2D eigenvalue weighted by Gasteiger charge is -2.24. The molecule has 0 fully saturated rings. The van der Waals surface area contributed by atoms with Crippen molar-refractivity contribution in [3.05, 3.63) is 6.33 Å². The second kappa shape index (κ2) is 7.13. The van der Waals surface area contributed by atoms with Crippen LogP contribution in [0.4, 0.5) is 11.6 Å². The lowest BCUT2D eigenvalue weighted by molar-refractivity contribution is 0.220. The molecule has 0 aromatic carbocycles. The molecule has 1 aromatic heterocycles. The van der Waals surface area contributed by atoms with Gasteiger partial charge in [-0.25, -0.2) is 9.97 Å². The molecule has 0 aliphatic heterocycles. The number of aromatic nitrogens is 2. The number of ether oxygens (including phenoxy) is 1. The molecule has 0 aliphatic carbocycles. The number of hydrogen-bond acceptors (Lipinski definition) is 6. The second-order valence-corrected chi connectivity index (χ2v) is 5.13. The number of aliphatic hydroxyl groups is 1. The van der Waals surface area contributed by atoms with E-state index in [1.807, 2.05) is 6.92 Å². The molecule has 19 heavy (non-hydrogen) atoms. The summed E-state index contributed by atoms with van der Waals surface area (Å²) in [6.07, 6.45) is 2.23. The van der Waals surface area contributed by atoms with Crippen molar-refractivity contribution in [3.63, 3.8) is 0 Å². The van der Waals surface area contributed by atoms with Gasteiger partial charge in [-0.2, -0.15) is 0 Å². The molecule has 0 spiro atoms. The van der Waals surface area contributed by atoms with Gasteiger partial charge in [0.15, 0.2) is 11.6 Å². The summed E-state index contributed by atoms with van der Waals surface area (Å²) in [5.41, 5.74) is -0.0109. The van der Waals surface area contributed by atoms with Crippen molar-refractivity contribution in [1.29, 1.82) is 0 Å². The molecule has 0 saturated carbocycles. The van der Waals surface area contributed by atoms with E-state index in [9.17, 15) is 0 Å². The lowest BCUT2D eigenvalue weighted by atomic mass is 9.90. The van der Waals surface area contributed by atoms with Gasteiger partial charge in [0.1, 0.15) is 6.33 Å². The zero-order valence-electron chi connectivity index (χ0n) is 12.2. The normalized spacial score (nSPS) is 11.2. The Labute approximate surface area is 114 Å². The number of rotatable bonds is 8. The predicted octanol–water partition coefficient (Wildman–Crippen LogP) is 1.74. The average Bonchev–Trinajstić information content (AvgIpc) is 2.37. The van der Waals surface area contributed by atoms with Crippen LogP contribution in [0.3, 0.4) is 0 Å². The summed E-state index contributed by atoms with van der Waals surface area (Å²) in [6, 6.07) is 0. The molecule has 0 saturated heterocycles. The van der Waals surface area contributed by atoms with Gasteiger partial charge in [0.2, 0.25) is 5.75 Å². The number of aliphatic hydroxyl groups excluding tert-OH is 1. The minimum atomic E-state index is -0.0109. The number of nitrogens with one attached hydrogen (secondary N) is 2. The standard InChI is InChI=1S/C13H24N4O2/c1-5-14-11-10(19-4)12(17-9-16-11)15-8-13(2,3)6-7-18/h9,18H,5-8H2,1-4H3,(H2,14,15,16,17). The van der Waals surface area contributed by atoms with E-state index in [2.05, 4.69) is 34.4 Å². The van der Waals surface area contributed by atoms with Gasteiger partial charge in [0.25, 0.3) is 0 Å². The van der Waals surface area contributed by atoms with Gasteiger partial charge in [-0.3, -0.25) is 0 Å². The highest BCUT2D eigenvalue weighted by Gasteiger charge is 2.19.